The second kappa shape index (κ2) is 6.86. The van der Waals surface area contributed by atoms with E-state index in [0.29, 0.717) is 0 Å². The summed E-state index contributed by atoms with van der Waals surface area (Å²) in [6.07, 6.45) is 0.822. The van der Waals surface area contributed by atoms with E-state index in [9.17, 15) is 0 Å². The maximum absolute atomic E-state index is 6.56. The summed E-state index contributed by atoms with van der Waals surface area (Å²) in [4.78, 5) is 0. The molecule has 144 valence electrons. The van der Waals surface area contributed by atoms with E-state index in [0.717, 1.165) is 40.6 Å². The van der Waals surface area contributed by atoms with Gasteiger partial charge in [-0.05, 0) is 56.2 Å². The van der Waals surface area contributed by atoms with Crippen molar-refractivity contribution in [2.45, 2.75) is 38.7 Å². The molecule has 2 aromatic carbocycles. The van der Waals surface area contributed by atoms with Gasteiger partial charge in [0.25, 0.3) is 0 Å². The average molecular weight is 374 g/mol. The largest absolute Gasteiger partial charge is 0.497 e. The molecule has 4 rings (SSSR count). The highest BCUT2D eigenvalue weighted by Gasteiger charge is 2.42. The molecule has 0 amide bonds. The highest BCUT2D eigenvalue weighted by molar-refractivity contribution is 5.50. The van der Waals surface area contributed by atoms with Gasteiger partial charge in [0.2, 0.25) is 5.88 Å². The van der Waals surface area contributed by atoms with Crippen molar-refractivity contribution in [2.24, 2.45) is 0 Å². The van der Waals surface area contributed by atoms with Crippen LogP contribution in [0.15, 0.2) is 66.7 Å². The van der Waals surface area contributed by atoms with E-state index in [4.69, 9.17) is 14.6 Å². The minimum absolute atomic E-state index is 0.175. The fourth-order valence-corrected chi connectivity index (χ4v) is 3.89. The van der Waals surface area contributed by atoms with Gasteiger partial charge < -0.3 is 9.47 Å². The Hall–Kier alpha value is -3.01. The molecule has 1 aliphatic heterocycles. The Morgan fingerprint density at radius 3 is 2.46 bits per heavy atom. The van der Waals surface area contributed by atoms with Gasteiger partial charge in [-0.3, -0.25) is 0 Å². The van der Waals surface area contributed by atoms with E-state index in [1.165, 1.54) is 5.56 Å². The van der Waals surface area contributed by atoms with Gasteiger partial charge >= 0.3 is 0 Å². The van der Waals surface area contributed by atoms with Crippen molar-refractivity contribution < 1.29 is 9.47 Å². The Kier molecular flexibility index (Phi) is 4.50. The number of benzene rings is 2. The van der Waals surface area contributed by atoms with Crippen molar-refractivity contribution in [3.8, 4) is 17.3 Å². The summed E-state index contributed by atoms with van der Waals surface area (Å²) in [7, 11) is 1.69. The molecule has 0 aliphatic carbocycles. The third-order valence-corrected chi connectivity index (χ3v) is 5.75. The minimum Gasteiger partial charge on any atom is -0.497 e. The lowest BCUT2D eigenvalue weighted by molar-refractivity contribution is 0.0856. The fraction of sp³-hybridized carbons (Fsp3) is 0.292. The van der Waals surface area contributed by atoms with Crippen LogP contribution < -0.4 is 9.47 Å². The molecule has 0 unspecified atom stereocenters. The molecule has 28 heavy (non-hydrogen) atoms. The molecular formula is C24H26N2O2. The molecule has 1 aromatic heterocycles. The highest BCUT2D eigenvalue weighted by Crippen LogP contribution is 2.48. The van der Waals surface area contributed by atoms with E-state index < -0.39 is 5.60 Å². The van der Waals surface area contributed by atoms with Crippen molar-refractivity contribution in [1.82, 2.24) is 9.78 Å². The van der Waals surface area contributed by atoms with Crippen LogP contribution in [0.5, 0.6) is 11.6 Å². The molecule has 0 spiro atoms. The molecule has 0 fully saturated rings. The third kappa shape index (κ3) is 2.99. The number of hydrogen-bond acceptors (Lipinski definition) is 3. The van der Waals surface area contributed by atoms with E-state index in [1.54, 1.807) is 7.11 Å². The summed E-state index contributed by atoms with van der Waals surface area (Å²) in [5.74, 6) is 1.84. The van der Waals surface area contributed by atoms with Gasteiger partial charge in [-0.25, -0.2) is 4.68 Å². The van der Waals surface area contributed by atoms with Crippen LogP contribution in [0.2, 0.25) is 0 Å². The first-order valence-electron chi connectivity index (χ1n) is 9.57. The summed E-state index contributed by atoms with van der Waals surface area (Å²) < 4.78 is 13.8. The quantitative estimate of drug-likeness (QED) is 0.571. The SMILES string of the molecule is C=C(C)[C@]1(C)C[C@H](c2ccc(OC)cc2)c2c(C)nn(-c3ccccc3)c2O1. The second-order valence-electron chi connectivity index (χ2n) is 7.69. The zero-order valence-electron chi connectivity index (χ0n) is 16.9. The van der Waals surface area contributed by atoms with Crippen LogP contribution in [0, 0.1) is 6.92 Å². The molecule has 0 saturated carbocycles. The third-order valence-electron chi connectivity index (χ3n) is 5.75. The molecule has 0 bridgehead atoms. The smallest absolute Gasteiger partial charge is 0.221 e. The van der Waals surface area contributed by atoms with Crippen molar-refractivity contribution >= 4 is 0 Å². The van der Waals surface area contributed by atoms with E-state index in [1.807, 2.05) is 54.1 Å². The summed E-state index contributed by atoms with van der Waals surface area (Å²) in [6.45, 7) is 10.4. The second-order valence-corrected chi connectivity index (χ2v) is 7.69. The molecule has 2 atom stereocenters. The van der Waals surface area contributed by atoms with Crippen LogP contribution in [-0.4, -0.2) is 22.5 Å². The van der Waals surface area contributed by atoms with Gasteiger partial charge in [-0.1, -0.05) is 36.9 Å². The summed E-state index contributed by atoms with van der Waals surface area (Å²) >= 11 is 0. The molecule has 4 heteroatoms. The topological polar surface area (TPSA) is 36.3 Å². The van der Waals surface area contributed by atoms with Crippen molar-refractivity contribution in [3.63, 3.8) is 0 Å². The Balaban J connectivity index is 1.89. The molecule has 0 N–H and O–H groups in total. The van der Waals surface area contributed by atoms with Crippen molar-refractivity contribution in [3.05, 3.63) is 83.6 Å². The number of ether oxygens (including phenoxy) is 2. The number of aryl methyl sites for hydroxylation is 1. The van der Waals surface area contributed by atoms with Gasteiger partial charge in [0, 0.05) is 17.9 Å². The zero-order valence-corrected chi connectivity index (χ0v) is 16.9. The number of nitrogens with zero attached hydrogens (tertiary/aromatic N) is 2. The number of rotatable bonds is 4. The Morgan fingerprint density at radius 1 is 1.18 bits per heavy atom. The monoisotopic (exact) mass is 374 g/mol. The number of hydrogen-bond donors (Lipinski definition) is 0. The van der Waals surface area contributed by atoms with Crippen LogP contribution in [-0.2, 0) is 0 Å². The number of fused-ring (bicyclic) bond motifs is 1. The number of para-hydroxylation sites is 1. The van der Waals surface area contributed by atoms with Gasteiger partial charge in [-0.2, -0.15) is 5.10 Å². The Labute approximate surface area is 166 Å². The van der Waals surface area contributed by atoms with Crippen LogP contribution >= 0.6 is 0 Å². The van der Waals surface area contributed by atoms with Crippen molar-refractivity contribution in [2.75, 3.05) is 7.11 Å². The van der Waals surface area contributed by atoms with Crippen LogP contribution in [0.25, 0.3) is 5.69 Å². The zero-order chi connectivity index (χ0) is 19.9. The van der Waals surface area contributed by atoms with Gasteiger partial charge in [0.15, 0.2) is 0 Å². The molecule has 2 heterocycles. The van der Waals surface area contributed by atoms with Gasteiger partial charge in [-0.15, -0.1) is 0 Å². The predicted molar refractivity (Wildman–Crippen MR) is 112 cm³/mol. The number of methoxy groups -OCH3 is 1. The van der Waals surface area contributed by atoms with Crippen LogP contribution in [0.4, 0.5) is 0 Å². The maximum Gasteiger partial charge on any atom is 0.221 e. The molecule has 3 aromatic rings. The van der Waals surface area contributed by atoms with E-state index >= 15 is 0 Å². The lowest BCUT2D eigenvalue weighted by atomic mass is 9.77. The van der Waals surface area contributed by atoms with E-state index in [-0.39, 0.29) is 5.92 Å². The first-order valence-corrected chi connectivity index (χ1v) is 9.57. The van der Waals surface area contributed by atoms with Gasteiger partial charge in [0.1, 0.15) is 11.4 Å². The fourth-order valence-electron chi connectivity index (χ4n) is 3.89. The summed E-state index contributed by atoms with van der Waals surface area (Å²) in [6, 6.07) is 18.4. The standard InChI is InChI=1S/C24H26N2O2/c1-16(2)24(4)15-21(18-11-13-20(27-5)14-12-18)22-17(3)25-26(23(22)28-24)19-9-7-6-8-10-19/h6-14,21H,1,15H2,2-5H3/t21-,24+/m1/s1. The Morgan fingerprint density at radius 2 is 1.86 bits per heavy atom. The highest BCUT2D eigenvalue weighted by atomic mass is 16.5. The Bertz CT molecular complexity index is 1010. The van der Waals surface area contributed by atoms with Crippen LogP contribution in [0.1, 0.15) is 43.0 Å². The lowest BCUT2D eigenvalue weighted by Crippen LogP contribution is -2.39. The minimum atomic E-state index is -0.462. The van der Waals surface area contributed by atoms with Crippen molar-refractivity contribution in [1.29, 1.82) is 0 Å². The number of aromatic nitrogens is 2. The molecule has 4 nitrogen and oxygen atoms in total. The summed E-state index contributed by atoms with van der Waals surface area (Å²) in [5.41, 5.74) is 4.91. The average Bonchev–Trinajstić information content (AvgIpc) is 3.04. The molecule has 1 aliphatic rings. The van der Waals surface area contributed by atoms with E-state index in [2.05, 4.69) is 32.6 Å². The normalized spacial score (nSPS) is 20.9. The van der Waals surface area contributed by atoms with Crippen LogP contribution in [0.3, 0.4) is 0 Å². The lowest BCUT2D eigenvalue weighted by Gasteiger charge is -2.39. The molecule has 0 saturated heterocycles. The maximum atomic E-state index is 6.56. The summed E-state index contributed by atoms with van der Waals surface area (Å²) in [5, 5.41) is 4.83. The molecule has 0 radical (unpaired) electrons. The first-order chi connectivity index (χ1) is 13.4. The predicted octanol–water partition coefficient (Wildman–Crippen LogP) is 5.44. The van der Waals surface area contributed by atoms with Gasteiger partial charge in [0.05, 0.1) is 18.5 Å². The molecular weight excluding hydrogens is 348 g/mol. The first kappa shape index (κ1) is 18.4.